The van der Waals surface area contributed by atoms with Crippen LogP contribution in [0, 0.1) is 5.92 Å². The molecule has 23 heavy (non-hydrogen) atoms. The molecule has 2 N–H and O–H groups in total. The normalized spacial score (nSPS) is 13.5. The highest BCUT2D eigenvalue weighted by molar-refractivity contribution is 5.96. The molecule has 0 radical (unpaired) electrons. The van der Waals surface area contributed by atoms with E-state index in [9.17, 15) is 19.5 Å². The summed E-state index contributed by atoms with van der Waals surface area (Å²) in [5.41, 5.74) is -0.0722. The number of hydrogen-bond donors (Lipinski definition) is 2. The lowest BCUT2D eigenvalue weighted by atomic mass is 10.0. The number of aliphatic hydroxyl groups is 1. The summed E-state index contributed by atoms with van der Waals surface area (Å²) in [7, 11) is 1.27. The minimum atomic E-state index is -0.746. The smallest absolute Gasteiger partial charge is 0.328 e. The highest BCUT2D eigenvalue weighted by Gasteiger charge is 2.23. The van der Waals surface area contributed by atoms with Crippen molar-refractivity contribution in [1.29, 1.82) is 0 Å². The Morgan fingerprint density at radius 3 is 2.48 bits per heavy atom. The molecule has 1 rings (SSSR count). The van der Waals surface area contributed by atoms with Crippen LogP contribution in [0.5, 0.6) is 0 Å². The first-order valence-corrected chi connectivity index (χ1v) is 7.51. The average Bonchev–Trinajstić information content (AvgIpc) is 2.46. The Bertz CT molecular complexity index is 607. The lowest BCUT2D eigenvalue weighted by molar-refractivity contribution is -0.143. The van der Waals surface area contributed by atoms with Crippen LogP contribution in [0.2, 0.25) is 0 Å². The van der Waals surface area contributed by atoms with Crippen molar-refractivity contribution in [3.63, 3.8) is 0 Å². The number of rotatable bonds is 7. The third-order valence-electron chi connectivity index (χ3n) is 3.20. The molecule has 7 heteroatoms. The SMILES string of the molecule is COC(=O)[C@H](CC(C)C)NC(=O)c1ccc(=O)n(CC(C)O)c1. The van der Waals surface area contributed by atoms with Crippen LogP contribution in [0.1, 0.15) is 37.6 Å². The number of aliphatic hydroxyl groups excluding tert-OH is 1. The van der Waals surface area contributed by atoms with Gasteiger partial charge >= 0.3 is 5.97 Å². The molecule has 0 saturated carbocycles. The first-order chi connectivity index (χ1) is 10.7. The molecule has 1 heterocycles. The van der Waals surface area contributed by atoms with Gasteiger partial charge in [0.15, 0.2) is 0 Å². The van der Waals surface area contributed by atoms with Crippen molar-refractivity contribution in [1.82, 2.24) is 9.88 Å². The Morgan fingerprint density at radius 1 is 1.30 bits per heavy atom. The number of ether oxygens (including phenoxy) is 1. The number of pyridine rings is 1. The van der Waals surface area contributed by atoms with Gasteiger partial charge in [0.05, 0.1) is 25.3 Å². The third-order valence-corrected chi connectivity index (χ3v) is 3.20. The zero-order chi connectivity index (χ0) is 17.6. The van der Waals surface area contributed by atoms with Crippen molar-refractivity contribution < 1.29 is 19.4 Å². The van der Waals surface area contributed by atoms with Gasteiger partial charge in [-0.05, 0) is 25.3 Å². The quantitative estimate of drug-likeness (QED) is 0.714. The van der Waals surface area contributed by atoms with Crippen LogP contribution in [0.3, 0.4) is 0 Å². The van der Waals surface area contributed by atoms with Crippen molar-refractivity contribution in [3.8, 4) is 0 Å². The number of carbonyl (C=O) groups excluding carboxylic acids is 2. The Hall–Kier alpha value is -2.15. The third kappa shape index (κ3) is 5.86. The van der Waals surface area contributed by atoms with E-state index in [2.05, 4.69) is 5.32 Å². The predicted molar refractivity (Wildman–Crippen MR) is 85.1 cm³/mol. The maximum Gasteiger partial charge on any atom is 0.328 e. The molecule has 128 valence electrons. The second-order valence-electron chi connectivity index (χ2n) is 5.94. The lowest BCUT2D eigenvalue weighted by Gasteiger charge is -2.18. The van der Waals surface area contributed by atoms with E-state index in [1.54, 1.807) is 6.92 Å². The Morgan fingerprint density at radius 2 is 1.96 bits per heavy atom. The van der Waals surface area contributed by atoms with Gasteiger partial charge in [-0.1, -0.05) is 13.8 Å². The minimum absolute atomic E-state index is 0.0897. The molecule has 0 aliphatic rings. The van der Waals surface area contributed by atoms with Crippen molar-refractivity contribution >= 4 is 11.9 Å². The van der Waals surface area contributed by atoms with Crippen LogP contribution in [0.15, 0.2) is 23.1 Å². The first kappa shape index (κ1) is 18.9. The van der Waals surface area contributed by atoms with E-state index in [1.165, 1.54) is 30.0 Å². The van der Waals surface area contributed by atoms with E-state index in [-0.39, 0.29) is 23.6 Å². The van der Waals surface area contributed by atoms with E-state index in [0.717, 1.165) is 0 Å². The van der Waals surface area contributed by atoms with Gasteiger partial charge in [-0.2, -0.15) is 0 Å². The van der Waals surface area contributed by atoms with Crippen molar-refractivity contribution in [2.45, 2.75) is 45.9 Å². The molecule has 7 nitrogen and oxygen atoms in total. The van der Waals surface area contributed by atoms with Crippen LogP contribution in [0.25, 0.3) is 0 Å². The summed E-state index contributed by atoms with van der Waals surface area (Å²) in [4.78, 5) is 35.8. The van der Waals surface area contributed by atoms with E-state index in [0.29, 0.717) is 6.42 Å². The van der Waals surface area contributed by atoms with Gasteiger partial charge in [-0.15, -0.1) is 0 Å². The molecule has 0 aliphatic carbocycles. The van der Waals surface area contributed by atoms with Crippen LogP contribution < -0.4 is 10.9 Å². The number of amides is 1. The molecule has 1 amide bonds. The Balaban J connectivity index is 2.95. The molecule has 0 aromatic carbocycles. The average molecular weight is 324 g/mol. The molecule has 1 unspecified atom stereocenters. The molecule has 0 bridgehead atoms. The number of nitrogens with one attached hydrogen (secondary N) is 1. The fourth-order valence-corrected chi connectivity index (χ4v) is 2.16. The molecule has 2 atom stereocenters. The first-order valence-electron chi connectivity index (χ1n) is 7.51. The van der Waals surface area contributed by atoms with Gasteiger partial charge in [0.2, 0.25) is 0 Å². The van der Waals surface area contributed by atoms with E-state index in [1.807, 2.05) is 13.8 Å². The topological polar surface area (TPSA) is 97.6 Å². The van der Waals surface area contributed by atoms with Gasteiger partial charge in [0.1, 0.15) is 6.04 Å². The van der Waals surface area contributed by atoms with Crippen molar-refractivity contribution in [2.75, 3.05) is 7.11 Å². The van der Waals surface area contributed by atoms with Gasteiger partial charge in [-0.25, -0.2) is 4.79 Å². The maximum atomic E-state index is 12.3. The van der Waals surface area contributed by atoms with E-state index in [4.69, 9.17) is 4.74 Å². The summed E-state index contributed by atoms with van der Waals surface area (Å²) in [6.07, 6.45) is 1.11. The molecule has 0 aliphatic heterocycles. The van der Waals surface area contributed by atoms with Crippen LogP contribution in [0.4, 0.5) is 0 Å². The highest BCUT2D eigenvalue weighted by atomic mass is 16.5. The highest BCUT2D eigenvalue weighted by Crippen LogP contribution is 2.08. The minimum Gasteiger partial charge on any atom is -0.467 e. The molecule has 0 fully saturated rings. The van der Waals surface area contributed by atoms with Crippen molar-refractivity contribution in [3.05, 3.63) is 34.2 Å². The van der Waals surface area contributed by atoms with E-state index < -0.39 is 24.0 Å². The van der Waals surface area contributed by atoms with Gasteiger partial charge < -0.3 is 19.7 Å². The largest absolute Gasteiger partial charge is 0.467 e. The summed E-state index contributed by atoms with van der Waals surface area (Å²) in [6.45, 7) is 5.51. The molecular formula is C16H24N2O5. The second-order valence-corrected chi connectivity index (χ2v) is 5.94. The van der Waals surface area contributed by atoms with Gasteiger partial charge in [-0.3, -0.25) is 9.59 Å². The van der Waals surface area contributed by atoms with Crippen LogP contribution in [-0.4, -0.2) is 40.8 Å². The zero-order valence-electron chi connectivity index (χ0n) is 13.9. The molecule has 0 spiro atoms. The standard InChI is InChI=1S/C16H24N2O5/c1-10(2)7-13(16(22)23-4)17-15(21)12-5-6-14(20)18(9-12)8-11(3)19/h5-6,9-11,13,19H,7-8H2,1-4H3,(H,17,21)/t11?,13-/m0/s1. The number of methoxy groups -OCH3 is 1. The maximum absolute atomic E-state index is 12.3. The Kier molecular flexibility index (Phi) is 6.96. The summed E-state index contributed by atoms with van der Waals surface area (Å²) in [6, 6.07) is 1.90. The Labute approximate surface area is 135 Å². The summed E-state index contributed by atoms with van der Waals surface area (Å²) in [5.74, 6) is -0.784. The number of aromatic nitrogens is 1. The molecule has 0 saturated heterocycles. The summed E-state index contributed by atoms with van der Waals surface area (Å²) in [5, 5.41) is 12.0. The number of esters is 1. The predicted octanol–water partition coefficient (Wildman–Crippen LogP) is 0.547. The van der Waals surface area contributed by atoms with Gasteiger partial charge in [0.25, 0.3) is 11.5 Å². The number of nitrogens with zero attached hydrogens (tertiary/aromatic N) is 1. The molecule has 1 aromatic heterocycles. The summed E-state index contributed by atoms with van der Waals surface area (Å²) < 4.78 is 5.96. The van der Waals surface area contributed by atoms with Crippen LogP contribution >= 0.6 is 0 Å². The number of hydrogen-bond acceptors (Lipinski definition) is 5. The summed E-state index contributed by atoms with van der Waals surface area (Å²) >= 11 is 0. The second kappa shape index (κ2) is 8.47. The monoisotopic (exact) mass is 324 g/mol. The van der Waals surface area contributed by atoms with Gasteiger partial charge in [0, 0.05) is 12.3 Å². The fraction of sp³-hybridized carbons (Fsp3) is 0.562. The molecule has 1 aromatic rings. The van der Waals surface area contributed by atoms with Crippen molar-refractivity contribution in [2.24, 2.45) is 5.92 Å². The van der Waals surface area contributed by atoms with E-state index >= 15 is 0 Å². The van der Waals surface area contributed by atoms with Crippen LogP contribution in [-0.2, 0) is 16.1 Å². The molecular weight excluding hydrogens is 300 g/mol. The lowest BCUT2D eigenvalue weighted by Crippen LogP contribution is -2.42. The fourth-order valence-electron chi connectivity index (χ4n) is 2.16. The zero-order valence-corrected chi connectivity index (χ0v) is 13.9. The number of carbonyl (C=O) groups is 2.